The van der Waals surface area contributed by atoms with Crippen LogP contribution >= 0.6 is 0 Å². The first-order chi connectivity index (χ1) is 8.65. The van der Waals surface area contributed by atoms with E-state index < -0.39 is 0 Å². The van der Waals surface area contributed by atoms with Crippen molar-refractivity contribution in [2.45, 2.75) is 20.8 Å². The van der Waals surface area contributed by atoms with Gasteiger partial charge in [0.1, 0.15) is 12.1 Å². The maximum absolute atomic E-state index is 4.23. The van der Waals surface area contributed by atoms with Crippen LogP contribution in [0.3, 0.4) is 0 Å². The highest BCUT2D eigenvalue weighted by Crippen LogP contribution is 2.15. The Morgan fingerprint density at radius 1 is 1.06 bits per heavy atom. The minimum absolute atomic E-state index is 0.847. The van der Waals surface area contributed by atoms with E-state index >= 15 is 0 Å². The number of hydrogen-bond acceptors (Lipinski definition) is 3. The molecule has 5 heteroatoms. The van der Waals surface area contributed by atoms with Gasteiger partial charge < -0.3 is 0 Å². The zero-order valence-electron chi connectivity index (χ0n) is 10.7. The zero-order valence-corrected chi connectivity index (χ0v) is 10.7. The van der Waals surface area contributed by atoms with Gasteiger partial charge in [-0.1, -0.05) is 0 Å². The number of fused-ring (bicyclic) bond motifs is 1. The molecule has 0 aliphatic rings. The molecular formula is C13H15N5. The van der Waals surface area contributed by atoms with E-state index in [0.717, 1.165) is 28.4 Å². The Morgan fingerprint density at radius 3 is 2.50 bits per heavy atom. The molecule has 3 rings (SSSR count). The highest BCUT2D eigenvalue weighted by atomic mass is 15.5. The van der Waals surface area contributed by atoms with Crippen LogP contribution in [-0.4, -0.2) is 19.3 Å². The highest BCUT2D eigenvalue weighted by Gasteiger charge is 2.06. The number of anilines is 1. The SMILES string of the molecule is Cc1cc(Nn2c(C)ccc2C)n2ncnc2c1. The molecule has 0 radical (unpaired) electrons. The summed E-state index contributed by atoms with van der Waals surface area (Å²) in [5, 5.41) is 4.23. The Kier molecular flexibility index (Phi) is 2.33. The normalized spacial score (nSPS) is 11.1. The molecule has 18 heavy (non-hydrogen) atoms. The lowest BCUT2D eigenvalue weighted by Crippen LogP contribution is -2.15. The van der Waals surface area contributed by atoms with Crippen LogP contribution in [0.15, 0.2) is 30.6 Å². The Balaban J connectivity index is 2.12. The minimum atomic E-state index is 0.847. The van der Waals surface area contributed by atoms with E-state index in [2.05, 4.69) is 54.5 Å². The van der Waals surface area contributed by atoms with Gasteiger partial charge in [-0.3, -0.25) is 10.1 Å². The lowest BCUT2D eigenvalue weighted by molar-refractivity contribution is 0.841. The third kappa shape index (κ3) is 1.64. The van der Waals surface area contributed by atoms with Gasteiger partial charge in [0.05, 0.1) is 0 Å². The fraction of sp³-hybridized carbons (Fsp3) is 0.231. The van der Waals surface area contributed by atoms with E-state index in [1.807, 2.05) is 10.7 Å². The molecular weight excluding hydrogens is 226 g/mol. The predicted octanol–water partition coefficient (Wildman–Crippen LogP) is 2.33. The Bertz CT molecular complexity index is 688. The third-order valence-corrected chi connectivity index (χ3v) is 3.02. The maximum Gasteiger partial charge on any atom is 0.157 e. The van der Waals surface area contributed by atoms with Gasteiger partial charge in [0, 0.05) is 11.4 Å². The van der Waals surface area contributed by atoms with E-state index in [0.29, 0.717) is 0 Å². The maximum atomic E-state index is 4.23. The van der Waals surface area contributed by atoms with Crippen LogP contribution in [0, 0.1) is 20.8 Å². The first-order valence-electron chi connectivity index (χ1n) is 5.87. The van der Waals surface area contributed by atoms with Crippen molar-refractivity contribution in [2.75, 3.05) is 5.43 Å². The van der Waals surface area contributed by atoms with Crippen molar-refractivity contribution in [1.82, 2.24) is 19.3 Å². The summed E-state index contributed by atoms with van der Waals surface area (Å²) in [6.07, 6.45) is 1.56. The summed E-state index contributed by atoms with van der Waals surface area (Å²) in [4.78, 5) is 4.22. The predicted molar refractivity (Wildman–Crippen MR) is 70.7 cm³/mol. The van der Waals surface area contributed by atoms with Gasteiger partial charge >= 0.3 is 0 Å². The van der Waals surface area contributed by atoms with Crippen molar-refractivity contribution in [3.8, 4) is 0 Å². The van der Waals surface area contributed by atoms with E-state index in [1.54, 1.807) is 10.8 Å². The Labute approximate surface area is 105 Å². The van der Waals surface area contributed by atoms with Crippen LogP contribution < -0.4 is 5.43 Å². The molecule has 0 fully saturated rings. The van der Waals surface area contributed by atoms with E-state index in [4.69, 9.17) is 0 Å². The largest absolute Gasteiger partial charge is 0.277 e. The molecule has 3 aromatic heterocycles. The summed E-state index contributed by atoms with van der Waals surface area (Å²) in [7, 11) is 0. The average Bonchev–Trinajstić information content (AvgIpc) is 2.90. The molecule has 0 aromatic carbocycles. The number of aryl methyl sites for hydroxylation is 3. The Hall–Kier alpha value is -2.30. The summed E-state index contributed by atoms with van der Waals surface area (Å²) in [6, 6.07) is 8.22. The highest BCUT2D eigenvalue weighted by molar-refractivity contribution is 5.51. The lowest BCUT2D eigenvalue weighted by Gasteiger charge is -2.14. The van der Waals surface area contributed by atoms with Gasteiger partial charge in [0.15, 0.2) is 5.65 Å². The summed E-state index contributed by atoms with van der Waals surface area (Å²) in [6.45, 7) is 6.18. The van der Waals surface area contributed by atoms with Crippen molar-refractivity contribution < 1.29 is 0 Å². The number of hydrogen-bond donors (Lipinski definition) is 1. The van der Waals surface area contributed by atoms with Gasteiger partial charge in [0.2, 0.25) is 0 Å². The summed E-state index contributed by atoms with van der Waals surface area (Å²) in [5.41, 5.74) is 7.68. The van der Waals surface area contributed by atoms with Crippen molar-refractivity contribution >= 4 is 11.5 Å². The molecule has 0 spiro atoms. The van der Waals surface area contributed by atoms with Gasteiger partial charge in [0.25, 0.3) is 0 Å². The summed E-state index contributed by atoms with van der Waals surface area (Å²) < 4.78 is 3.84. The van der Waals surface area contributed by atoms with Crippen molar-refractivity contribution in [1.29, 1.82) is 0 Å². The lowest BCUT2D eigenvalue weighted by atomic mass is 10.3. The van der Waals surface area contributed by atoms with E-state index in [1.165, 1.54) is 0 Å². The number of nitrogens with one attached hydrogen (secondary N) is 1. The molecule has 1 N–H and O–H groups in total. The van der Waals surface area contributed by atoms with Gasteiger partial charge in [-0.05, 0) is 50.6 Å². The molecule has 0 aliphatic carbocycles. The quantitative estimate of drug-likeness (QED) is 0.749. The molecule has 0 atom stereocenters. The fourth-order valence-corrected chi connectivity index (χ4v) is 2.10. The second-order valence-electron chi connectivity index (χ2n) is 4.51. The average molecular weight is 241 g/mol. The minimum Gasteiger partial charge on any atom is -0.277 e. The molecule has 0 amide bonds. The first-order valence-corrected chi connectivity index (χ1v) is 5.87. The van der Waals surface area contributed by atoms with Crippen LogP contribution in [0.2, 0.25) is 0 Å². The van der Waals surface area contributed by atoms with Crippen molar-refractivity contribution in [2.24, 2.45) is 0 Å². The smallest absolute Gasteiger partial charge is 0.157 e. The first kappa shape index (κ1) is 10.8. The Morgan fingerprint density at radius 2 is 1.78 bits per heavy atom. The molecule has 0 saturated heterocycles. The van der Waals surface area contributed by atoms with Crippen LogP contribution in [0.1, 0.15) is 17.0 Å². The molecule has 5 nitrogen and oxygen atoms in total. The molecule has 0 unspecified atom stereocenters. The van der Waals surface area contributed by atoms with Crippen LogP contribution in [0.4, 0.5) is 5.82 Å². The number of rotatable bonds is 2. The zero-order chi connectivity index (χ0) is 12.7. The van der Waals surface area contributed by atoms with Gasteiger partial charge in [-0.2, -0.15) is 9.61 Å². The summed E-state index contributed by atoms with van der Waals surface area (Å²) >= 11 is 0. The monoisotopic (exact) mass is 241 g/mol. The van der Waals surface area contributed by atoms with Crippen molar-refractivity contribution in [3.05, 3.63) is 47.5 Å². The van der Waals surface area contributed by atoms with Gasteiger partial charge in [-0.25, -0.2) is 4.98 Å². The van der Waals surface area contributed by atoms with Crippen LogP contribution in [0.5, 0.6) is 0 Å². The number of nitrogens with zero attached hydrogens (tertiary/aromatic N) is 4. The topological polar surface area (TPSA) is 47.2 Å². The third-order valence-electron chi connectivity index (χ3n) is 3.02. The standard InChI is InChI=1S/C13H15N5/c1-9-6-12-14-8-15-18(12)13(7-9)16-17-10(2)4-5-11(17)3/h4-8,16H,1-3H3. The molecule has 0 saturated carbocycles. The molecule has 92 valence electrons. The molecule has 0 aliphatic heterocycles. The molecule has 3 heterocycles. The summed E-state index contributed by atoms with van der Waals surface area (Å²) in [5.74, 6) is 0.907. The van der Waals surface area contributed by atoms with Gasteiger partial charge in [-0.15, -0.1) is 0 Å². The molecule has 0 bridgehead atoms. The van der Waals surface area contributed by atoms with Crippen molar-refractivity contribution in [3.63, 3.8) is 0 Å². The second kappa shape index (κ2) is 3.87. The van der Waals surface area contributed by atoms with Crippen LogP contribution in [-0.2, 0) is 0 Å². The fourth-order valence-electron chi connectivity index (χ4n) is 2.10. The number of pyridine rings is 1. The van der Waals surface area contributed by atoms with Crippen LogP contribution in [0.25, 0.3) is 5.65 Å². The molecule has 3 aromatic rings. The van der Waals surface area contributed by atoms with E-state index in [-0.39, 0.29) is 0 Å². The number of aromatic nitrogens is 4. The van der Waals surface area contributed by atoms with E-state index in [9.17, 15) is 0 Å². The second-order valence-corrected chi connectivity index (χ2v) is 4.51.